The van der Waals surface area contributed by atoms with E-state index in [0.717, 1.165) is 0 Å². The summed E-state index contributed by atoms with van der Waals surface area (Å²) in [6, 6.07) is 5.35. The fraction of sp³-hybridized carbons (Fsp3) is 0. The summed E-state index contributed by atoms with van der Waals surface area (Å²) in [5.74, 6) is 0. The third kappa shape index (κ3) is 2.41. The Labute approximate surface area is 113 Å². The van der Waals surface area contributed by atoms with Crippen molar-refractivity contribution in [1.82, 2.24) is 4.98 Å². The van der Waals surface area contributed by atoms with Crippen molar-refractivity contribution in [3.05, 3.63) is 29.8 Å². The van der Waals surface area contributed by atoms with Gasteiger partial charge in [0.25, 0.3) is 0 Å². The Morgan fingerprint density at radius 2 is 1.40 bits per heavy atom. The van der Waals surface area contributed by atoms with Crippen LogP contribution < -0.4 is 0 Å². The van der Waals surface area contributed by atoms with Crippen LogP contribution >= 0.6 is 0 Å². The van der Waals surface area contributed by atoms with Gasteiger partial charge < -0.3 is 0 Å². The molecule has 0 aliphatic rings. The Morgan fingerprint density at radius 1 is 0.900 bits per heavy atom. The van der Waals surface area contributed by atoms with E-state index in [1.165, 1.54) is 24.3 Å². The predicted octanol–water partition coefficient (Wildman–Crippen LogP) is 0.541. The third-order valence-corrected chi connectivity index (χ3v) is 4.09. The van der Waals surface area contributed by atoms with Gasteiger partial charge in [0.1, 0.15) is 0 Å². The zero-order chi connectivity index (χ0) is 15.1. The van der Waals surface area contributed by atoms with Crippen molar-refractivity contribution in [3.8, 4) is 0 Å². The molecule has 0 saturated carbocycles. The van der Waals surface area contributed by atoms with E-state index in [4.69, 9.17) is 9.11 Å². The van der Waals surface area contributed by atoms with Crippen LogP contribution in [0.25, 0.3) is 10.8 Å². The van der Waals surface area contributed by atoms with Gasteiger partial charge in [-0.1, -0.05) is 24.3 Å². The number of aldehydes is 1. The van der Waals surface area contributed by atoms with Gasteiger partial charge in [0.2, 0.25) is 0 Å². The Balaban J connectivity index is 3.16. The maximum Gasteiger partial charge on any atom is 0.312 e. The van der Waals surface area contributed by atoms with Gasteiger partial charge in [0.05, 0.1) is 5.56 Å². The fourth-order valence-corrected chi connectivity index (χ4v) is 3.10. The summed E-state index contributed by atoms with van der Waals surface area (Å²) in [6.45, 7) is 0. The number of hydrogen-bond acceptors (Lipinski definition) is 6. The minimum atomic E-state index is -4.94. The van der Waals surface area contributed by atoms with Crippen LogP contribution in [0.15, 0.2) is 34.3 Å². The lowest BCUT2D eigenvalue weighted by molar-refractivity contribution is 0.112. The number of rotatable bonds is 3. The molecule has 0 aliphatic carbocycles. The van der Waals surface area contributed by atoms with Gasteiger partial charge in [-0.05, 0) is 5.39 Å². The first-order chi connectivity index (χ1) is 9.16. The van der Waals surface area contributed by atoms with Crippen LogP contribution in [-0.4, -0.2) is 37.2 Å². The lowest BCUT2D eigenvalue weighted by atomic mass is 10.1. The van der Waals surface area contributed by atoms with Crippen LogP contribution in [0.5, 0.6) is 0 Å². The Morgan fingerprint density at radius 3 is 1.85 bits per heavy atom. The Hall–Kier alpha value is -1.88. The van der Waals surface area contributed by atoms with E-state index in [0.29, 0.717) is 0 Å². The molecule has 10 heteroatoms. The number of benzene rings is 1. The molecule has 8 nitrogen and oxygen atoms in total. The van der Waals surface area contributed by atoms with Gasteiger partial charge in [-0.15, -0.1) is 0 Å². The lowest BCUT2D eigenvalue weighted by Crippen LogP contribution is -2.12. The second-order valence-corrected chi connectivity index (χ2v) is 6.42. The first kappa shape index (κ1) is 14.5. The summed E-state index contributed by atoms with van der Waals surface area (Å²) in [7, 11) is -9.78. The van der Waals surface area contributed by atoms with Crippen LogP contribution in [0.1, 0.15) is 10.4 Å². The normalized spacial score (nSPS) is 12.5. The van der Waals surface area contributed by atoms with Crippen LogP contribution in [0.3, 0.4) is 0 Å². The number of carbonyl (C=O) groups is 1. The van der Waals surface area contributed by atoms with E-state index in [2.05, 4.69) is 4.98 Å². The summed E-state index contributed by atoms with van der Waals surface area (Å²) < 4.78 is 63.0. The van der Waals surface area contributed by atoms with Crippen molar-refractivity contribution in [2.75, 3.05) is 0 Å². The topological polar surface area (TPSA) is 139 Å². The monoisotopic (exact) mass is 317 g/mol. The number of hydrogen-bond donors (Lipinski definition) is 2. The number of carbonyl (C=O) groups excluding carboxylic acids is 1. The van der Waals surface area contributed by atoms with E-state index in [-0.39, 0.29) is 17.1 Å². The van der Waals surface area contributed by atoms with Crippen LogP contribution in [0.2, 0.25) is 0 Å². The molecule has 0 atom stereocenters. The average Bonchev–Trinajstić information content (AvgIpc) is 2.34. The van der Waals surface area contributed by atoms with Crippen molar-refractivity contribution in [2.45, 2.75) is 10.1 Å². The van der Waals surface area contributed by atoms with Crippen LogP contribution in [0.4, 0.5) is 0 Å². The molecule has 2 N–H and O–H groups in total. The molecule has 1 aromatic heterocycles. The average molecular weight is 317 g/mol. The van der Waals surface area contributed by atoms with E-state index in [1.54, 1.807) is 0 Å². The molecule has 2 rings (SSSR count). The SMILES string of the molecule is O=Cc1c(S(=O)(=O)O)nc(S(=O)(=O)O)c2ccccc12. The molecular weight excluding hydrogens is 310 g/mol. The van der Waals surface area contributed by atoms with Gasteiger partial charge in [0, 0.05) is 5.39 Å². The van der Waals surface area contributed by atoms with Crippen molar-refractivity contribution < 1.29 is 30.7 Å². The number of pyridine rings is 1. The third-order valence-electron chi connectivity index (χ3n) is 2.49. The summed E-state index contributed by atoms with van der Waals surface area (Å²) in [4.78, 5) is 14.2. The lowest BCUT2D eigenvalue weighted by Gasteiger charge is -2.08. The molecule has 2 aromatic rings. The highest BCUT2D eigenvalue weighted by atomic mass is 32.2. The number of nitrogens with zero attached hydrogens (tertiary/aromatic N) is 1. The molecule has 106 valence electrons. The highest BCUT2D eigenvalue weighted by Crippen LogP contribution is 2.27. The minimum Gasteiger partial charge on any atom is -0.298 e. The quantitative estimate of drug-likeness (QED) is 0.617. The summed E-state index contributed by atoms with van der Waals surface area (Å²) >= 11 is 0. The Bertz CT molecular complexity index is 916. The first-order valence-electron chi connectivity index (χ1n) is 4.99. The molecule has 1 heterocycles. The molecule has 0 spiro atoms. The van der Waals surface area contributed by atoms with Crippen molar-refractivity contribution in [3.63, 3.8) is 0 Å². The first-order valence-corrected chi connectivity index (χ1v) is 7.87. The van der Waals surface area contributed by atoms with Crippen LogP contribution in [0, 0.1) is 0 Å². The highest BCUT2D eigenvalue weighted by Gasteiger charge is 2.26. The predicted molar refractivity (Wildman–Crippen MR) is 66.8 cm³/mol. The molecule has 0 radical (unpaired) electrons. The highest BCUT2D eigenvalue weighted by molar-refractivity contribution is 7.86. The standard InChI is InChI=1S/C10H7NO7S2/c12-5-8-6-3-1-2-4-7(6)9(19(13,14)15)11-10(8)20(16,17)18/h1-5H,(H,13,14,15)(H,16,17,18). The van der Waals surface area contributed by atoms with E-state index in [1.807, 2.05) is 0 Å². The fourth-order valence-electron chi connectivity index (χ4n) is 1.74. The summed E-state index contributed by atoms with van der Waals surface area (Å²) in [6.07, 6.45) is 0.131. The van der Waals surface area contributed by atoms with Gasteiger partial charge in [-0.3, -0.25) is 13.9 Å². The van der Waals surface area contributed by atoms with Gasteiger partial charge in [-0.2, -0.15) is 16.8 Å². The second kappa shape index (κ2) is 4.59. The van der Waals surface area contributed by atoms with Crippen molar-refractivity contribution in [2.24, 2.45) is 0 Å². The van der Waals surface area contributed by atoms with E-state index < -0.39 is 35.9 Å². The van der Waals surface area contributed by atoms with Crippen molar-refractivity contribution in [1.29, 1.82) is 0 Å². The summed E-state index contributed by atoms with van der Waals surface area (Å²) in [5.41, 5.74) is -0.490. The molecule has 0 saturated heterocycles. The largest absolute Gasteiger partial charge is 0.312 e. The molecular formula is C10H7NO7S2. The number of aromatic nitrogens is 1. The van der Waals surface area contributed by atoms with Crippen LogP contribution in [-0.2, 0) is 20.2 Å². The molecule has 0 unspecified atom stereocenters. The maximum absolute atomic E-state index is 11.3. The Kier molecular flexibility index (Phi) is 3.34. The van der Waals surface area contributed by atoms with Gasteiger partial charge in [0.15, 0.2) is 16.3 Å². The van der Waals surface area contributed by atoms with Crippen molar-refractivity contribution >= 4 is 37.3 Å². The molecule has 0 aliphatic heterocycles. The zero-order valence-corrected chi connectivity index (χ0v) is 11.2. The molecule has 0 fully saturated rings. The summed E-state index contributed by atoms with van der Waals surface area (Å²) in [5, 5.41) is -2.28. The molecule has 20 heavy (non-hydrogen) atoms. The van der Waals surface area contributed by atoms with Gasteiger partial charge >= 0.3 is 20.2 Å². The zero-order valence-electron chi connectivity index (χ0n) is 9.59. The number of fused-ring (bicyclic) bond motifs is 1. The minimum absolute atomic E-state index is 0.0715. The molecule has 0 bridgehead atoms. The smallest absolute Gasteiger partial charge is 0.298 e. The second-order valence-electron chi connectivity index (χ2n) is 3.75. The van der Waals surface area contributed by atoms with E-state index >= 15 is 0 Å². The molecule has 0 amide bonds. The maximum atomic E-state index is 11.3. The van der Waals surface area contributed by atoms with Gasteiger partial charge in [-0.25, -0.2) is 4.98 Å². The van der Waals surface area contributed by atoms with E-state index in [9.17, 15) is 21.6 Å². The molecule has 1 aromatic carbocycles.